The van der Waals surface area contributed by atoms with Crippen LogP contribution in [-0.2, 0) is 23.3 Å². The number of carbonyl (C=O) groups excluding carboxylic acids is 1. The number of aromatic nitrogens is 3. The van der Waals surface area contributed by atoms with E-state index in [1.807, 2.05) is 35.0 Å². The van der Waals surface area contributed by atoms with Gasteiger partial charge in [0.05, 0.1) is 28.9 Å². The number of pyridine rings is 2. The molecule has 5 nitrogen and oxygen atoms in total. The molecule has 1 aliphatic heterocycles. The Labute approximate surface area is 173 Å². The summed E-state index contributed by atoms with van der Waals surface area (Å²) in [7, 11) is 0. The van der Waals surface area contributed by atoms with E-state index in [0.29, 0.717) is 11.6 Å². The lowest BCUT2D eigenvalue weighted by atomic mass is 9.99. The van der Waals surface area contributed by atoms with E-state index in [1.54, 1.807) is 12.4 Å². The Morgan fingerprint density at radius 1 is 1.29 bits per heavy atom. The fourth-order valence-corrected chi connectivity index (χ4v) is 4.92. The van der Waals surface area contributed by atoms with Gasteiger partial charge >= 0.3 is 0 Å². The molecule has 1 amide bonds. The van der Waals surface area contributed by atoms with Crippen molar-refractivity contribution in [1.82, 2.24) is 14.5 Å². The van der Waals surface area contributed by atoms with Gasteiger partial charge in [0, 0.05) is 30.0 Å². The first-order chi connectivity index (χ1) is 13.6. The summed E-state index contributed by atoms with van der Waals surface area (Å²) in [5, 5.41) is 1.65. The molecule has 1 spiro atoms. The number of amides is 1. The van der Waals surface area contributed by atoms with E-state index in [0.717, 1.165) is 59.5 Å². The molecular weight excluding hydrogens is 392 g/mol. The molecule has 7 heteroatoms. The van der Waals surface area contributed by atoms with Crippen LogP contribution in [0.15, 0.2) is 36.8 Å². The number of nitrogens with zero attached hydrogens (tertiary/aromatic N) is 4. The number of thioether (sulfide) groups is 1. The molecule has 0 saturated heterocycles. The van der Waals surface area contributed by atoms with Crippen LogP contribution in [0.1, 0.15) is 30.5 Å². The van der Waals surface area contributed by atoms with Crippen molar-refractivity contribution in [2.75, 3.05) is 16.9 Å². The van der Waals surface area contributed by atoms with E-state index in [-0.39, 0.29) is 11.3 Å². The summed E-state index contributed by atoms with van der Waals surface area (Å²) in [6.45, 7) is 1.41. The maximum Gasteiger partial charge on any atom is 0.238 e. The minimum atomic E-state index is -0.296. The van der Waals surface area contributed by atoms with Crippen molar-refractivity contribution >= 4 is 46.0 Å². The van der Waals surface area contributed by atoms with Crippen LogP contribution in [-0.4, -0.2) is 32.5 Å². The number of halogens is 1. The van der Waals surface area contributed by atoms with Gasteiger partial charge in [0.15, 0.2) is 0 Å². The largest absolute Gasteiger partial charge is 0.328 e. The van der Waals surface area contributed by atoms with Crippen molar-refractivity contribution < 1.29 is 4.79 Å². The number of hydrogen-bond donors (Lipinski definition) is 0. The van der Waals surface area contributed by atoms with Gasteiger partial charge in [-0.25, -0.2) is 4.98 Å². The molecular formula is C21H21ClN4OS. The van der Waals surface area contributed by atoms with Gasteiger partial charge in [-0.15, -0.1) is 0 Å². The zero-order valence-corrected chi connectivity index (χ0v) is 17.3. The molecule has 1 saturated carbocycles. The zero-order chi connectivity index (χ0) is 19.3. The third kappa shape index (κ3) is 2.73. The van der Waals surface area contributed by atoms with Crippen LogP contribution in [0.5, 0.6) is 0 Å². The highest BCUT2D eigenvalue weighted by molar-refractivity contribution is 7.98. The molecule has 0 bridgehead atoms. The predicted octanol–water partition coefficient (Wildman–Crippen LogP) is 4.42. The van der Waals surface area contributed by atoms with Crippen LogP contribution in [0.25, 0.3) is 11.0 Å². The lowest BCUT2D eigenvalue weighted by Crippen LogP contribution is -2.32. The first-order valence-corrected chi connectivity index (χ1v) is 11.3. The number of aryl methyl sites for hydroxylation is 1. The topological polar surface area (TPSA) is 51.0 Å². The number of anilines is 1. The SMILES string of the molecule is CSCCCn1c(CN2C(=O)C3(CC3)c3ccncc32)cc2cc(Cl)cnc21. The van der Waals surface area contributed by atoms with Crippen molar-refractivity contribution in [2.45, 2.75) is 37.8 Å². The van der Waals surface area contributed by atoms with Gasteiger partial charge in [0.1, 0.15) is 5.65 Å². The monoisotopic (exact) mass is 412 g/mol. The molecule has 2 aliphatic rings. The third-order valence-corrected chi connectivity index (χ3v) is 6.75. The lowest BCUT2D eigenvalue weighted by Gasteiger charge is -2.19. The van der Waals surface area contributed by atoms with Crippen LogP contribution >= 0.6 is 23.4 Å². The second-order valence-corrected chi connectivity index (χ2v) is 8.99. The summed E-state index contributed by atoms with van der Waals surface area (Å²) in [5.74, 6) is 1.30. The highest BCUT2D eigenvalue weighted by Crippen LogP contribution is 2.57. The molecule has 28 heavy (non-hydrogen) atoms. The molecule has 3 aromatic rings. The van der Waals surface area contributed by atoms with Crippen molar-refractivity contribution in [3.8, 4) is 0 Å². The Morgan fingerprint density at radius 3 is 2.93 bits per heavy atom. The van der Waals surface area contributed by atoms with Crippen molar-refractivity contribution in [3.63, 3.8) is 0 Å². The molecule has 3 aromatic heterocycles. The fourth-order valence-electron chi connectivity index (χ4n) is 4.34. The summed E-state index contributed by atoms with van der Waals surface area (Å²) in [5.41, 5.74) is 3.82. The maximum absolute atomic E-state index is 13.2. The van der Waals surface area contributed by atoms with Crippen LogP contribution in [0.3, 0.4) is 0 Å². The Bertz CT molecular complexity index is 1080. The minimum absolute atomic E-state index is 0.211. The first kappa shape index (κ1) is 18.0. The first-order valence-electron chi connectivity index (χ1n) is 9.53. The number of rotatable bonds is 6. The van der Waals surface area contributed by atoms with Crippen LogP contribution in [0.4, 0.5) is 5.69 Å². The molecule has 0 radical (unpaired) electrons. The number of carbonyl (C=O) groups is 1. The quantitative estimate of drug-likeness (QED) is 0.562. The summed E-state index contributed by atoms with van der Waals surface area (Å²) < 4.78 is 2.24. The van der Waals surface area contributed by atoms with E-state index in [4.69, 9.17) is 11.6 Å². The zero-order valence-electron chi connectivity index (χ0n) is 15.7. The molecule has 144 valence electrons. The van der Waals surface area contributed by atoms with Gasteiger partial charge in [-0.2, -0.15) is 11.8 Å². The summed E-state index contributed by atoms with van der Waals surface area (Å²) in [4.78, 5) is 24.0. The molecule has 1 fully saturated rings. The molecule has 4 heterocycles. The lowest BCUT2D eigenvalue weighted by molar-refractivity contribution is -0.120. The molecule has 5 rings (SSSR count). The summed E-state index contributed by atoms with van der Waals surface area (Å²) in [6, 6.07) is 6.08. The van der Waals surface area contributed by atoms with Gasteiger partial charge in [0.25, 0.3) is 0 Å². The van der Waals surface area contributed by atoms with Gasteiger partial charge in [0.2, 0.25) is 5.91 Å². The predicted molar refractivity (Wildman–Crippen MR) is 114 cm³/mol. The van der Waals surface area contributed by atoms with E-state index in [9.17, 15) is 4.79 Å². The number of fused-ring (bicyclic) bond motifs is 3. The molecule has 0 atom stereocenters. The highest BCUT2D eigenvalue weighted by Gasteiger charge is 2.59. The molecule has 0 unspecified atom stereocenters. The average Bonchev–Trinajstić information content (AvgIpc) is 3.39. The van der Waals surface area contributed by atoms with Crippen LogP contribution in [0, 0.1) is 0 Å². The maximum atomic E-state index is 13.2. The Morgan fingerprint density at radius 2 is 2.14 bits per heavy atom. The second kappa shape index (κ2) is 6.78. The van der Waals surface area contributed by atoms with Crippen LogP contribution in [0.2, 0.25) is 5.02 Å². The van der Waals surface area contributed by atoms with E-state index in [2.05, 4.69) is 26.9 Å². The highest BCUT2D eigenvalue weighted by atomic mass is 35.5. The minimum Gasteiger partial charge on any atom is -0.328 e. The van der Waals surface area contributed by atoms with E-state index < -0.39 is 0 Å². The standard InChI is InChI=1S/C21H21ClN4OS/c1-28-8-2-7-25-16(10-14-9-15(22)11-24-19(14)25)13-26-18-12-23-6-3-17(18)21(4-5-21)20(26)27/h3,6,9-12H,2,4-5,7-8,13H2,1H3. The van der Waals surface area contributed by atoms with Crippen molar-refractivity contribution in [3.05, 3.63) is 53.1 Å². The smallest absolute Gasteiger partial charge is 0.238 e. The van der Waals surface area contributed by atoms with Crippen molar-refractivity contribution in [1.29, 1.82) is 0 Å². The van der Waals surface area contributed by atoms with E-state index >= 15 is 0 Å². The Kier molecular flexibility index (Phi) is 4.36. The van der Waals surface area contributed by atoms with Gasteiger partial charge < -0.3 is 9.47 Å². The van der Waals surface area contributed by atoms with Crippen molar-refractivity contribution in [2.24, 2.45) is 0 Å². The Hall–Kier alpha value is -2.05. The van der Waals surface area contributed by atoms with Gasteiger partial charge in [-0.1, -0.05) is 11.6 Å². The average molecular weight is 413 g/mol. The molecule has 0 aromatic carbocycles. The van der Waals surface area contributed by atoms with Crippen LogP contribution < -0.4 is 4.90 Å². The van der Waals surface area contributed by atoms with Gasteiger partial charge in [-0.3, -0.25) is 9.78 Å². The number of hydrogen-bond acceptors (Lipinski definition) is 4. The third-order valence-electron chi connectivity index (χ3n) is 5.85. The van der Waals surface area contributed by atoms with Gasteiger partial charge in [-0.05, 0) is 55.0 Å². The molecule has 1 aliphatic carbocycles. The normalized spacial score (nSPS) is 16.9. The fraction of sp³-hybridized carbons (Fsp3) is 0.381. The second-order valence-electron chi connectivity index (χ2n) is 7.57. The van der Waals surface area contributed by atoms with E-state index in [1.165, 1.54) is 0 Å². The summed E-state index contributed by atoms with van der Waals surface area (Å²) >= 11 is 8.01. The molecule has 0 N–H and O–H groups in total. The Balaban J connectivity index is 1.54. The summed E-state index contributed by atoms with van der Waals surface area (Å²) in [6.07, 6.45) is 10.4.